The van der Waals surface area contributed by atoms with Crippen molar-refractivity contribution in [2.75, 3.05) is 10.6 Å². The molecule has 0 saturated carbocycles. The summed E-state index contributed by atoms with van der Waals surface area (Å²) in [5, 5.41) is 4.62. The maximum atomic E-state index is 12.6. The number of halogens is 3. The third kappa shape index (κ3) is 4.19. The predicted molar refractivity (Wildman–Crippen MR) is 72.6 cm³/mol. The van der Waals surface area contributed by atoms with Crippen LogP contribution < -0.4 is 16.4 Å². The van der Waals surface area contributed by atoms with Gasteiger partial charge in [0.1, 0.15) is 0 Å². The molecule has 21 heavy (non-hydrogen) atoms. The second-order valence-corrected chi connectivity index (χ2v) is 4.64. The molecule has 8 heteroatoms. The number of benzene rings is 1. The van der Waals surface area contributed by atoms with Crippen molar-refractivity contribution in [3.8, 4) is 0 Å². The number of anilines is 2. The van der Waals surface area contributed by atoms with E-state index in [9.17, 15) is 22.8 Å². The lowest BCUT2D eigenvalue weighted by molar-refractivity contribution is -0.184. The topological polar surface area (TPSA) is 84.2 Å². The molecule has 1 aromatic rings. The average molecular weight is 303 g/mol. The fraction of sp³-hybridized carbons (Fsp3) is 0.385. The zero-order valence-electron chi connectivity index (χ0n) is 11.5. The summed E-state index contributed by atoms with van der Waals surface area (Å²) in [6.45, 7) is 2.25. The van der Waals surface area contributed by atoms with Gasteiger partial charge in [0.25, 0.3) is 5.91 Å². The molecular weight excluding hydrogens is 287 g/mol. The van der Waals surface area contributed by atoms with Crippen LogP contribution >= 0.6 is 0 Å². The number of nitrogens with one attached hydrogen (secondary N) is 2. The Hall–Kier alpha value is -2.09. The van der Waals surface area contributed by atoms with E-state index in [0.29, 0.717) is 12.6 Å². The highest BCUT2D eigenvalue weighted by Gasteiger charge is 2.53. The van der Waals surface area contributed by atoms with Crippen LogP contribution in [-0.4, -0.2) is 23.5 Å². The first-order chi connectivity index (χ1) is 9.57. The first-order valence-corrected chi connectivity index (χ1v) is 6.15. The van der Waals surface area contributed by atoms with Crippen LogP contribution in [0.1, 0.15) is 20.3 Å². The van der Waals surface area contributed by atoms with Crippen molar-refractivity contribution in [2.24, 2.45) is 5.73 Å². The molecule has 0 fully saturated rings. The van der Waals surface area contributed by atoms with Gasteiger partial charge in [0.05, 0.1) is 0 Å². The van der Waals surface area contributed by atoms with E-state index in [2.05, 4.69) is 10.6 Å². The second kappa shape index (κ2) is 6.13. The van der Waals surface area contributed by atoms with Gasteiger partial charge in [0.2, 0.25) is 5.91 Å². The molecule has 0 aliphatic heterocycles. The SMILES string of the molecule is CCC(=O)Nc1cccc(NC(=O)C(C)(N)C(F)(F)F)c1. The van der Waals surface area contributed by atoms with E-state index < -0.39 is 17.6 Å². The maximum absolute atomic E-state index is 12.6. The zero-order valence-corrected chi connectivity index (χ0v) is 11.5. The first-order valence-electron chi connectivity index (χ1n) is 6.15. The molecular formula is C13H16F3N3O2. The monoisotopic (exact) mass is 303 g/mol. The Morgan fingerprint density at radius 3 is 2.19 bits per heavy atom. The standard InChI is InChI=1S/C13H16F3N3O2/c1-3-10(20)18-8-5-4-6-9(7-8)19-11(21)12(2,17)13(14,15)16/h4-7H,3,17H2,1-2H3,(H,18,20)(H,19,21). The van der Waals surface area contributed by atoms with Crippen molar-refractivity contribution in [3.05, 3.63) is 24.3 Å². The molecule has 0 spiro atoms. The van der Waals surface area contributed by atoms with Crippen LogP contribution in [0.4, 0.5) is 24.5 Å². The van der Waals surface area contributed by atoms with Gasteiger partial charge in [0, 0.05) is 17.8 Å². The largest absolute Gasteiger partial charge is 0.415 e. The van der Waals surface area contributed by atoms with Gasteiger partial charge in [-0.25, -0.2) is 0 Å². The third-order valence-electron chi connectivity index (χ3n) is 2.79. The number of amides is 2. The molecule has 0 aromatic heterocycles. The molecule has 1 rings (SSSR count). The number of hydrogen-bond donors (Lipinski definition) is 3. The third-order valence-corrected chi connectivity index (χ3v) is 2.79. The van der Waals surface area contributed by atoms with Crippen LogP contribution in [0.15, 0.2) is 24.3 Å². The van der Waals surface area contributed by atoms with E-state index in [-0.39, 0.29) is 18.0 Å². The van der Waals surface area contributed by atoms with Crippen LogP contribution in [0.25, 0.3) is 0 Å². The quantitative estimate of drug-likeness (QED) is 0.797. The van der Waals surface area contributed by atoms with Gasteiger partial charge in [-0.15, -0.1) is 0 Å². The van der Waals surface area contributed by atoms with Crippen molar-refractivity contribution in [1.82, 2.24) is 0 Å². The molecule has 1 unspecified atom stereocenters. The van der Waals surface area contributed by atoms with Crippen molar-refractivity contribution in [2.45, 2.75) is 32.0 Å². The van der Waals surface area contributed by atoms with Gasteiger partial charge in [0.15, 0.2) is 5.54 Å². The van der Waals surface area contributed by atoms with Crippen LogP contribution in [-0.2, 0) is 9.59 Å². The van der Waals surface area contributed by atoms with Gasteiger partial charge < -0.3 is 16.4 Å². The number of carbonyl (C=O) groups is 2. The molecule has 2 amide bonds. The van der Waals surface area contributed by atoms with Crippen LogP contribution in [0, 0.1) is 0 Å². The second-order valence-electron chi connectivity index (χ2n) is 4.64. The smallest absolute Gasteiger partial charge is 0.326 e. The lowest BCUT2D eigenvalue weighted by Crippen LogP contribution is -2.59. The molecule has 0 saturated heterocycles. The highest BCUT2D eigenvalue weighted by molar-refractivity contribution is 5.99. The molecule has 1 atom stereocenters. The summed E-state index contributed by atoms with van der Waals surface area (Å²) < 4.78 is 37.9. The molecule has 0 aliphatic rings. The van der Waals surface area contributed by atoms with E-state index in [1.54, 1.807) is 13.0 Å². The van der Waals surface area contributed by atoms with Crippen LogP contribution in [0.3, 0.4) is 0 Å². The summed E-state index contributed by atoms with van der Waals surface area (Å²) in [5.41, 5.74) is 2.49. The van der Waals surface area contributed by atoms with E-state index in [1.807, 2.05) is 0 Å². The van der Waals surface area contributed by atoms with Crippen molar-refractivity contribution in [1.29, 1.82) is 0 Å². The molecule has 116 valence electrons. The number of hydrogen-bond acceptors (Lipinski definition) is 3. The molecule has 5 nitrogen and oxygen atoms in total. The summed E-state index contributed by atoms with van der Waals surface area (Å²) in [7, 11) is 0. The Morgan fingerprint density at radius 2 is 1.71 bits per heavy atom. The Kier molecular flexibility index (Phi) is 4.95. The lowest BCUT2D eigenvalue weighted by atomic mass is 10.0. The summed E-state index contributed by atoms with van der Waals surface area (Å²) in [4.78, 5) is 22.9. The first kappa shape index (κ1) is 17.0. The molecule has 0 heterocycles. The Labute approximate surface area is 119 Å². The summed E-state index contributed by atoms with van der Waals surface area (Å²) in [6.07, 6.45) is -4.61. The van der Waals surface area contributed by atoms with Gasteiger partial charge in [-0.3, -0.25) is 9.59 Å². The normalized spacial score (nSPS) is 14.2. The predicted octanol–water partition coefficient (Wildman–Crippen LogP) is 2.25. The fourth-order valence-corrected chi connectivity index (χ4v) is 1.31. The van der Waals surface area contributed by atoms with Crippen molar-refractivity contribution < 1.29 is 22.8 Å². The fourth-order valence-electron chi connectivity index (χ4n) is 1.31. The zero-order chi connectivity index (χ0) is 16.3. The number of nitrogens with two attached hydrogens (primary N) is 1. The molecule has 4 N–H and O–H groups in total. The van der Waals surface area contributed by atoms with Crippen LogP contribution in [0.5, 0.6) is 0 Å². The van der Waals surface area contributed by atoms with Crippen LogP contribution in [0.2, 0.25) is 0 Å². The van der Waals surface area contributed by atoms with Gasteiger partial charge in [-0.1, -0.05) is 13.0 Å². The lowest BCUT2D eigenvalue weighted by Gasteiger charge is -2.26. The number of rotatable bonds is 4. The minimum Gasteiger partial charge on any atom is -0.326 e. The summed E-state index contributed by atoms with van der Waals surface area (Å²) in [6, 6.07) is 5.78. The molecule has 0 aliphatic carbocycles. The Balaban J connectivity index is 2.87. The minimum absolute atomic E-state index is 0.106. The number of alkyl halides is 3. The molecule has 0 radical (unpaired) electrons. The Bertz CT molecular complexity index is 542. The average Bonchev–Trinajstić information content (AvgIpc) is 2.37. The summed E-state index contributed by atoms with van der Waals surface area (Å²) >= 11 is 0. The highest BCUT2D eigenvalue weighted by Crippen LogP contribution is 2.29. The van der Waals surface area contributed by atoms with Crippen molar-refractivity contribution in [3.63, 3.8) is 0 Å². The van der Waals surface area contributed by atoms with E-state index in [0.717, 1.165) is 0 Å². The van der Waals surface area contributed by atoms with E-state index in [1.165, 1.54) is 18.2 Å². The van der Waals surface area contributed by atoms with Gasteiger partial charge >= 0.3 is 6.18 Å². The van der Waals surface area contributed by atoms with E-state index in [4.69, 9.17) is 5.73 Å². The Morgan fingerprint density at radius 1 is 1.19 bits per heavy atom. The highest BCUT2D eigenvalue weighted by atomic mass is 19.4. The van der Waals surface area contributed by atoms with Gasteiger partial charge in [-0.05, 0) is 25.1 Å². The maximum Gasteiger partial charge on any atom is 0.415 e. The molecule has 1 aromatic carbocycles. The van der Waals surface area contributed by atoms with Gasteiger partial charge in [-0.2, -0.15) is 13.2 Å². The summed E-state index contributed by atoms with van der Waals surface area (Å²) in [5.74, 6) is -1.63. The number of carbonyl (C=O) groups excluding carboxylic acids is 2. The van der Waals surface area contributed by atoms with Crippen molar-refractivity contribution >= 4 is 23.2 Å². The van der Waals surface area contributed by atoms with E-state index >= 15 is 0 Å². The molecule has 0 bridgehead atoms. The minimum atomic E-state index is -4.87.